The summed E-state index contributed by atoms with van der Waals surface area (Å²) in [7, 11) is 0. The summed E-state index contributed by atoms with van der Waals surface area (Å²) in [6, 6.07) is 5.41. The molecule has 2 aromatic rings. The lowest BCUT2D eigenvalue weighted by molar-refractivity contribution is 0.0527. The maximum Gasteiger partial charge on any atom is 0.341 e. The van der Waals surface area contributed by atoms with Crippen molar-refractivity contribution in [2.45, 2.75) is 20.4 Å². The van der Waals surface area contributed by atoms with Crippen LogP contribution < -0.4 is 11.1 Å². The van der Waals surface area contributed by atoms with E-state index in [9.17, 15) is 4.79 Å². The van der Waals surface area contributed by atoms with Crippen LogP contribution in [0.3, 0.4) is 0 Å². The van der Waals surface area contributed by atoms with Crippen LogP contribution in [0.1, 0.15) is 28.5 Å². The van der Waals surface area contributed by atoms with Crippen LogP contribution in [0.15, 0.2) is 30.6 Å². The zero-order valence-corrected chi connectivity index (χ0v) is 12.1. The second-order valence-corrected chi connectivity index (χ2v) is 4.51. The molecule has 0 aromatic carbocycles. The molecule has 3 N–H and O–H groups in total. The molecule has 0 saturated carbocycles. The Kier molecular flexibility index (Phi) is 4.71. The molecule has 0 aliphatic heterocycles. The van der Waals surface area contributed by atoms with Crippen LogP contribution in [0, 0.1) is 6.92 Å². The molecule has 0 bridgehead atoms. The highest BCUT2D eigenvalue weighted by Crippen LogP contribution is 2.18. The quantitative estimate of drug-likeness (QED) is 0.819. The molecule has 2 heterocycles. The fraction of sp³-hybridized carbons (Fsp3) is 0.267. The minimum absolute atomic E-state index is 0.298. The van der Waals surface area contributed by atoms with E-state index in [0.717, 1.165) is 11.3 Å². The van der Waals surface area contributed by atoms with Crippen molar-refractivity contribution in [3.63, 3.8) is 0 Å². The number of nitrogen functional groups attached to an aromatic ring is 1. The normalized spacial score (nSPS) is 10.2. The molecule has 6 nitrogen and oxygen atoms in total. The third-order valence-corrected chi connectivity index (χ3v) is 2.95. The molecule has 0 radical (unpaired) electrons. The Morgan fingerprint density at radius 1 is 1.43 bits per heavy atom. The van der Waals surface area contributed by atoms with Gasteiger partial charge in [0.05, 0.1) is 30.7 Å². The lowest BCUT2D eigenvalue weighted by Crippen LogP contribution is -2.13. The largest absolute Gasteiger partial charge is 0.462 e. The van der Waals surface area contributed by atoms with Crippen molar-refractivity contribution in [1.82, 2.24) is 9.97 Å². The van der Waals surface area contributed by atoms with Crippen molar-refractivity contribution in [2.24, 2.45) is 0 Å². The number of carbonyl (C=O) groups is 1. The number of ether oxygens (including phenoxy) is 1. The Morgan fingerprint density at radius 3 is 2.95 bits per heavy atom. The number of carbonyl (C=O) groups excluding carboxylic acids is 1. The number of nitrogens with two attached hydrogens (primary N) is 1. The zero-order chi connectivity index (χ0) is 15.2. The summed E-state index contributed by atoms with van der Waals surface area (Å²) in [4.78, 5) is 20.4. The first-order valence-electron chi connectivity index (χ1n) is 6.68. The van der Waals surface area contributed by atoms with Gasteiger partial charge in [-0.25, -0.2) is 9.78 Å². The molecule has 0 aliphatic carbocycles. The first-order valence-corrected chi connectivity index (χ1v) is 6.68. The van der Waals surface area contributed by atoms with Gasteiger partial charge in [0.1, 0.15) is 11.4 Å². The number of rotatable bonds is 5. The van der Waals surface area contributed by atoms with Crippen LogP contribution in [0.4, 0.5) is 11.5 Å². The van der Waals surface area contributed by atoms with Gasteiger partial charge in [-0.1, -0.05) is 6.07 Å². The van der Waals surface area contributed by atoms with E-state index in [1.807, 2.05) is 19.1 Å². The fourth-order valence-corrected chi connectivity index (χ4v) is 1.86. The second-order valence-electron chi connectivity index (χ2n) is 4.51. The van der Waals surface area contributed by atoms with Crippen LogP contribution in [-0.2, 0) is 11.3 Å². The first-order chi connectivity index (χ1) is 10.1. The van der Waals surface area contributed by atoms with Crippen molar-refractivity contribution in [2.75, 3.05) is 17.7 Å². The van der Waals surface area contributed by atoms with Gasteiger partial charge >= 0.3 is 5.97 Å². The summed E-state index contributed by atoms with van der Waals surface area (Å²) in [5.74, 6) is -0.00903. The number of pyridine rings is 2. The predicted octanol–water partition coefficient (Wildman–Crippen LogP) is 2.16. The van der Waals surface area contributed by atoms with E-state index in [1.165, 1.54) is 6.20 Å². The van der Waals surface area contributed by atoms with E-state index in [2.05, 4.69) is 15.3 Å². The van der Waals surface area contributed by atoms with Crippen molar-refractivity contribution in [1.29, 1.82) is 0 Å². The number of hydrogen-bond donors (Lipinski definition) is 2. The third kappa shape index (κ3) is 3.68. The van der Waals surface area contributed by atoms with Gasteiger partial charge in [-0.3, -0.25) is 4.98 Å². The number of aryl methyl sites for hydroxylation is 1. The number of nitrogens with one attached hydrogen (secondary N) is 1. The molecule has 6 heteroatoms. The average molecular weight is 286 g/mol. The molecule has 0 unspecified atom stereocenters. The van der Waals surface area contributed by atoms with Crippen LogP contribution >= 0.6 is 0 Å². The van der Waals surface area contributed by atoms with E-state index < -0.39 is 5.97 Å². The van der Waals surface area contributed by atoms with Crippen LogP contribution in [0.25, 0.3) is 0 Å². The van der Waals surface area contributed by atoms with Crippen LogP contribution in [-0.4, -0.2) is 22.5 Å². The lowest BCUT2D eigenvalue weighted by Gasteiger charge is -2.11. The topological polar surface area (TPSA) is 90.1 Å². The van der Waals surface area contributed by atoms with Gasteiger partial charge < -0.3 is 15.8 Å². The van der Waals surface area contributed by atoms with Gasteiger partial charge in [0.15, 0.2) is 0 Å². The Labute approximate surface area is 123 Å². The number of esters is 1. The molecular formula is C15H18N4O2. The van der Waals surface area contributed by atoms with E-state index in [4.69, 9.17) is 10.5 Å². The van der Waals surface area contributed by atoms with E-state index in [1.54, 1.807) is 19.2 Å². The van der Waals surface area contributed by atoms with Gasteiger partial charge in [0.25, 0.3) is 0 Å². The van der Waals surface area contributed by atoms with Crippen molar-refractivity contribution in [3.8, 4) is 0 Å². The van der Waals surface area contributed by atoms with Gasteiger partial charge in [-0.15, -0.1) is 0 Å². The highest BCUT2D eigenvalue weighted by Gasteiger charge is 2.14. The molecule has 0 aliphatic rings. The first kappa shape index (κ1) is 14.8. The molecule has 0 amide bonds. The molecular weight excluding hydrogens is 268 g/mol. The van der Waals surface area contributed by atoms with Gasteiger partial charge in [-0.05, 0) is 31.5 Å². The smallest absolute Gasteiger partial charge is 0.341 e. The Balaban J connectivity index is 2.20. The molecule has 0 saturated heterocycles. The molecule has 2 aromatic heterocycles. The monoisotopic (exact) mass is 286 g/mol. The molecule has 0 spiro atoms. The Bertz CT molecular complexity index is 643. The van der Waals surface area contributed by atoms with Gasteiger partial charge in [-0.2, -0.15) is 0 Å². The van der Waals surface area contributed by atoms with Crippen molar-refractivity contribution in [3.05, 3.63) is 47.4 Å². The zero-order valence-electron chi connectivity index (χ0n) is 12.1. The SMILES string of the molecule is CCOC(=O)c1cc(N)cnc1NCc1ncccc1C. The molecule has 2 rings (SSSR count). The fourth-order valence-electron chi connectivity index (χ4n) is 1.86. The Morgan fingerprint density at radius 2 is 2.24 bits per heavy atom. The minimum Gasteiger partial charge on any atom is -0.462 e. The van der Waals surface area contributed by atoms with Crippen molar-refractivity contribution < 1.29 is 9.53 Å². The molecule has 21 heavy (non-hydrogen) atoms. The highest BCUT2D eigenvalue weighted by molar-refractivity contribution is 5.95. The van der Waals surface area contributed by atoms with E-state index in [-0.39, 0.29) is 0 Å². The van der Waals surface area contributed by atoms with Crippen LogP contribution in [0.2, 0.25) is 0 Å². The average Bonchev–Trinajstić information content (AvgIpc) is 2.47. The second kappa shape index (κ2) is 6.69. The maximum absolute atomic E-state index is 11.9. The number of hydrogen-bond acceptors (Lipinski definition) is 6. The molecule has 0 fully saturated rings. The summed E-state index contributed by atoms with van der Waals surface area (Å²) >= 11 is 0. The van der Waals surface area contributed by atoms with Crippen LogP contribution in [0.5, 0.6) is 0 Å². The molecule has 110 valence electrons. The summed E-state index contributed by atoms with van der Waals surface area (Å²) < 4.78 is 5.01. The summed E-state index contributed by atoms with van der Waals surface area (Å²) in [5.41, 5.74) is 8.38. The Hall–Kier alpha value is -2.63. The maximum atomic E-state index is 11.9. The summed E-state index contributed by atoms with van der Waals surface area (Å²) in [6.07, 6.45) is 3.23. The number of nitrogens with zero attached hydrogens (tertiary/aromatic N) is 2. The van der Waals surface area contributed by atoms with Gasteiger partial charge in [0.2, 0.25) is 0 Å². The predicted molar refractivity (Wildman–Crippen MR) is 80.9 cm³/mol. The number of aromatic nitrogens is 2. The van der Waals surface area contributed by atoms with E-state index in [0.29, 0.717) is 30.2 Å². The highest BCUT2D eigenvalue weighted by atomic mass is 16.5. The summed E-state index contributed by atoms with van der Waals surface area (Å²) in [5, 5.41) is 3.11. The summed E-state index contributed by atoms with van der Waals surface area (Å²) in [6.45, 7) is 4.50. The minimum atomic E-state index is -0.447. The third-order valence-electron chi connectivity index (χ3n) is 2.95. The van der Waals surface area contributed by atoms with Gasteiger partial charge in [0, 0.05) is 6.20 Å². The number of anilines is 2. The standard InChI is InChI=1S/C15H18N4O2/c1-3-21-15(20)12-7-11(16)8-18-14(12)19-9-13-10(2)5-4-6-17-13/h4-8H,3,9,16H2,1-2H3,(H,18,19). The van der Waals surface area contributed by atoms with E-state index >= 15 is 0 Å². The van der Waals surface area contributed by atoms with Crippen molar-refractivity contribution >= 4 is 17.5 Å². The molecule has 0 atom stereocenters. The lowest BCUT2D eigenvalue weighted by atomic mass is 10.2.